The zero-order chi connectivity index (χ0) is 21.0. The summed E-state index contributed by atoms with van der Waals surface area (Å²) in [4.78, 5) is 28.3. The lowest BCUT2D eigenvalue weighted by atomic mass is 10.0. The number of ether oxygens (including phenoxy) is 1. The molecule has 3 rings (SSSR count). The zero-order valence-electron chi connectivity index (χ0n) is 17.2. The molecule has 2 aromatic carbocycles. The molecule has 6 nitrogen and oxygen atoms in total. The van der Waals surface area contributed by atoms with E-state index in [1.807, 2.05) is 63.2 Å². The molecule has 29 heavy (non-hydrogen) atoms. The number of benzene rings is 2. The Morgan fingerprint density at radius 1 is 1.03 bits per heavy atom. The first-order valence-corrected chi connectivity index (χ1v) is 9.85. The highest BCUT2D eigenvalue weighted by molar-refractivity contribution is 5.94. The van der Waals surface area contributed by atoms with Crippen LogP contribution in [0.15, 0.2) is 54.6 Å². The van der Waals surface area contributed by atoms with Gasteiger partial charge >= 0.3 is 12.1 Å². The summed E-state index contributed by atoms with van der Waals surface area (Å²) in [6, 6.07) is 16.9. The van der Waals surface area contributed by atoms with Gasteiger partial charge in [-0.1, -0.05) is 42.5 Å². The third-order valence-electron chi connectivity index (χ3n) is 4.90. The number of aromatic carboxylic acids is 1. The van der Waals surface area contributed by atoms with Gasteiger partial charge < -0.3 is 19.6 Å². The lowest BCUT2D eigenvalue weighted by Gasteiger charge is -2.43. The first kappa shape index (κ1) is 20.7. The predicted molar refractivity (Wildman–Crippen MR) is 112 cm³/mol. The van der Waals surface area contributed by atoms with E-state index in [1.165, 1.54) is 0 Å². The topological polar surface area (TPSA) is 70.1 Å². The van der Waals surface area contributed by atoms with Crippen LogP contribution in [0.3, 0.4) is 0 Å². The smallest absolute Gasteiger partial charge is 0.410 e. The van der Waals surface area contributed by atoms with Gasteiger partial charge in [0.05, 0.1) is 17.3 Å². The third-order valence-corrected chi connectivity index (χ3v) is 4.90. The second-order valence-electron chi connectivity index (χ2n) is 8.29. The highest BCUT2D eigenvalue weighted by Crippen LogP contribution is 2.26. The van der Waals surface area contributed by atoms with E-state index >= 15 is 0 Å². The van der Waals surface area contributed by atoms with Crippen LogP contribution < -0.4 is 4.90 Å². The van der Waals surface area contributed by atoms with E-state index in [9.17, 15) is 14.7 Å². The molecule has 1 unspecified atom stereocenters. The number of carboxylic acid groups (broad SMARTS) is 1. The van der Waals surface area contributed by atoms with Crippen LogP contribution in [0.4, 0.5) is 10.5 Å². The Bertz CT molecular complexity index is 861. The molecule has 1 aliphatic rings. The Hall–Kier alpha value is -3.02. The van der Waals surface area contributed by atoms with Gasteiger partial charge in [0.2, 0.25) is 0 Å². The lowest BCUT2D eigenvalue weighted by Crippen LogP contribution is -2.57. The van der Waals surface area contributed by atoms with E-state index in [0.29, 0.717) is 31.7 Å². The first-order chi connectivity index (χ1) is 13.7. The van der Waals surface area contributed by atoms with Gasteiger partial charge in [-0.15, -0.1) is 0 Å². The van der Waals surface area contributed by atoms with E-state index < -0.39 is 11.6 Å². The molecule has 0 saturated carbocycles. The minimum absolute atomic E-state index is 0.122. The van der Waals surface area contributed by atoms with Gasteiger partial charge in [0, 0.05) is 19.6 Å². The maximum atomic E-state index is 12.8. The molecule has 1 heterocycles. The largest absolute Gasteiger partial charge is 0.478 e. The average Bonchev–Trinajstić information content (AvgIpc) is 2.67. The van der Waals surface area contributed by atoms with Crippen molar-refractivity contribution in [2.24, 2.45) is 0 Å². The summed E-state index contributed by atoms with van der Waals surface area (Å²) in [5.41, 5.74) is 1.51. The summed E-state index contributed by atoms with van der Waals surface area (Å²) in [5.74, 6) is -0.949. The molecule has 0 spiro atoms. The van der Waals surface area contributed by atoms with Gasteiger partial charge in [0.25, 0.3) is 0 Å². The summed E-state index contributed by atoms with van der Waals surface area (Å²) in [7, 11) is 0. The Kier molecular flexibility index (Phi) is 6.11. The molecule has 1 saturated heterocycles. The average molecular weight is 396 g/mol. The maximum absolute atomic E-state index is 12.8. The Balaban J connectivity index is 1.86. The van der Waals surface area contributed by atoms with Crippen LogP contribution in [0.1, 0.15) is 36.7 Å². The number of piperazine rings is 1. The summed E-state index contributed by atoms with van der Waals surface area (Å²) in [5, 5.41) is 9.55. The standard InChI is InChI=1S/C23H28N2O4/c1-23(2,3)29-22(28)25-14-13-24(20-12-8-7-11-19(20)21(26)27)16-18(25)15-17-9-5-4-6-10-17/h4-12,18H,13-16H2,1-3H3,(H,26,27). The van der Waals surface area contributed by atoms with Crippen LogP contribution in [0.5, 0.6) is 0 Å². The van der Waals surface area contributed by atoms with Crippen molar-refractivity contribution >= 4 is 17.7 Å². The van der Waals surface area contributed by atoms with Gasteiger partial charge in [0.15, 0.2) is 0 Å². The lowest BCUT2D eigenvalue weighted by molar-refractivity contribution is 0.0140. The highest BCUT2D eigenvalue weighted by Gasteiger charge is 2.34. The number of hydrogen-bond acceptors (Lipinski definition) is 4. The molecule has 0 aromatic heterocycles. The normalized spacial score (nSPS) is 17.1. The van der Waals surface area contributed by atoms with Gasteiger partial charge in [-0.2, -0.15) is 0 Å². The fourth-order valence-electron chi connectivity index (χ4n) is 3.63. The molecule has 6 heteroatoms. The van der Waals surface area contributed by atoms with Crippen LogP contribution in [0.2, 0.25) is 0 Å². The minimum atomic E-state index is -0.949. The molecule has 1 N–H and O–H groups in total. The maximum Gasteiger partial charge on any atom is 0.410 e. The van der Waals surface area contributed by atoms with Crippen molar-refractivity contribution in [2.75, 3.05) is 24.5 Å². The zero-order valence-corrected chi connectivity index (χ0v) is 17.2. The molecule has 0 radical (unpaired) electrons. The molecule has 1 fully saturated rings. The summed E-state index contributed by atoms with van der Waals surface area (Å²) >= 11 is 0. The first-order valence-electron chi connectivity index (χ1n) is 9.85. The fraction of sp³-hybridized carbons (Fsp3) is 0.391. The summed E-state index contributed by atoms with van der Waals surface area (Å²) in [6.07, 6.45) is 0.343. The quantitative estimate of drug-likeness (QED) is 0.844. The fourth-order valence-corrected chi connectivity index (χ4v) is 3.63. The van der Waals surface area contributed by atoms with Gasteiger partial charge in [-0.3, -0.25) is 0 Å². The minimum Gasteiger partial charge on any atom is -0.478 e. The number of carboxylic acids is 1. The Morgan fingerprint density at radius 3 is 2.34 bits per heavy atom. The molecule has 154 valence electrons. The number of carbonyl (C=O) groups excluding carboxylic acids is 1. The number of para-hydroxylation sites is 1. The van der Waals surface area contributed by atoms with Crippen molar-refractivity contribution in [3.8, 4) is 0 Å². The molecular formula is C23H28N2O4. The monoisotopic (exact) mass is 396 g/mol. The van der Waals surface area contributed by atoms with Crippen LogP contribution >= 0.6 is 0 Å². The van der Waals surface area contributed by atoms with Crippen molar-refractivity contribution < 1.29 is 19.4 Å². The summed E-state index contributed by atoms with van der Waals surface area (Å²) < 4.78 is 5.62. The third kappa shape index (κ3) is 5.28. The van der Waals surface area contributed by atoms with E-state index in [4.69, 9.17) is 4.74 Å². The molecular weight excluding hydrogens is 368 g/mol. The van der Waals surface area contributed by atoms with Crippen LogP contribution in [-0.2, 0) is 11.2 Å². The van der Waals surface area contributed by atoms with Crippen LogP contribution in [0.25, 0.3) is 0 Å². The van der Waals surface area contributed by atoms with Crippen molar-refractivity contribution in [1.29, 1.82) is 0 Å². The number of hydrogen-bond donors (Lipinski definition) is 1. The van der Waals surface area contributed by atoms with Gasteiger partial charge in [-0.25, -0.2) is 9.59 Å². The van der Waals surface area contributed by atoms with Gasteiger partial charge in [0.1, 0.15) is 5.60 Å². The predicted octanol–water partition coefficient (Wildman–Crippen LogP) is 4.05. The molecule has 2 aromatic rings. The van der Waals surface area contributed by atoms with Crippen LogP contribution in [-0.4, -0.2) is 53.3 Å². The summed E-state index contributed by atoms with van der Waals surface area (Å²) in [6.45, 7) is 7.14. The van der Waals surface area contributed by atoms with E-state index in [1.54, 1.807) is 17.0 Å². The van der Waals surface area contributed by atoms with E-state index in [0.717, 1.165) is 5.56 Å². The van der Waals surface area contributed by atoms with Crippen molar-refractivity contribution in [2.45, 2.75) is 38.8 Å². The molecule has 1 atom stereocenters. The molecule has 1 aliphatic heterocycles. The van der Waals surface area contributed by atoms with E-state index in [-0.39, 0.29) is 17.7 Å². The van der Waals surface area contributed by atoms with Crippen molar-refractivity contribution in [3.63, 3.8) is 0 Å². The van der Waals surface area contributed by atoms with Crippen LogP contribution in [0, 0.1) is 0 Å². The second kappa shape index (κ2) is 8.55. The van der Waals surface area contributed by atoms with Gasteiger partial charge in [-0.05, 0) is 44.9 Å². The van der Waals surface area contributed by atoms with Crippen molar-refractivity contribution in [1.82, 2.24) is 4.90 Å². The van der Waals surface area contributed by atoms with E-state index in [2.05, 4.69) is 4.90 Å². The second-order valence-corrected chi connectivity index (χ2v) is 8.29. The highest BCUT2D eigenvalue weighted by atomic mass is 16.6. The molecule has 1 amide bonds. The molecule has 0 bridgehead atoms. The number of rotatable bonds is 4. The Morgan fingerprint density at radius 2 is 1.69 bits per heavy atom. The SMILES string of the molecule is CC(C)(C)OC(=O)N1CCN(c2ccccc2C(=O)O)CC1Cc1ccccc1. The molecule has 0 aliphatic carbocycles. The number of anilines is 1. The number of nitrogens with zero attached hydrogens (tertiary/aromatic N) is 2. The van der Waals surface area contributed by atoms with Crippen molar-refractivity contribution in [3.05, 3.63) is 65.7 Å². The number of carbonyl (C=O) groups is 2. The number of amides is 1. The Labute approximate surface area is 171 Å².